The largest absolute Gasteiger partial charge is 0.492 e. The standard InChI is InChI=1S/C15H16ClNOS/c16-14-7-4-8-15(13(14)11-17)18-9-10-19-12-5-2-1-3-6-12/h1-8H,9-11,17H2. The third-order valence-corrected chi connectivity index (χ3v) is 3.96. The van der Waals surface area contributed by atoms with Crippen LogP contribution in [0.1, 0.15) is 5.56 Å². The molecule has 0 radical (unpaired) electrons. The predicted octanol–water partition coefficient (Wildman–Crippen LogP) is 3.97. The molecule has 2 aromatic rings. The van der Waals surface area contributed by atoms with Crippen LogP contribution in [0.2, 0.25) is 5.02 Å². The van der Waals surface area contributed by atoms with Gasteiger partial charge in [-0.05, 0) is 24.3 Å². The molecule has 100 valence electrons. The first-order valence-electron chi connectivity index (χ1n) is 6.09. The van der Waals surface area contributed by atoms with Crippen molar-refractivity contribution >= 4 is 23.4 Å². The minimum Gasteiger partial charge on any atom is -0.492 e. The number of rotatable bonds is 6. The summed E-state index contributed by atoms with van der Waals surface area (Å²) in [7, 11) is 0. The molecular weight excluding hydrogens is 278 g/mol. The van der Waals surface area contributed by atoms with Crippen LogP contribution in [0, 0.1) is 0 Å². The van der Waals surface area contributed by atoms with Crippen molar-refractivity contribution in [1.82, 2.24) is 0 Å². The fraction of sp³-hybridized carbons (Fsp3) is 0.200. The molecule has 2 nitrogen and oxygen atoms in total. The summed E-state index contributed by atoms with van der Waals surface area (Å²) in [6, 6.07) is 15.9. The minimum absolute atomic E-state index is 0.390. The van der Waals surface area contributed by atoms with Crippen molar-refractivity contribution in [2.75, 3.05) is 12.4 Å². The van der Waals surface area contributed by atoms with Crippen molar-refractivity contribution in [2.24, 2.45) is 5.73 Å². The normalized spacial score (nSPS) is 10.4. The molecule has 0 spiro atoms. The second-order valence-corrected chi connectivity index (χ2v) is 5.51. The molecule has 0 atom stereocenters. The van der Waals surface area contributed by atoms with Gasteiger partial charge in [-0.3, -0.25) is 0 Å². The molecule has 0 aliphatic rings. The Kier molecular flexibility index (Phi) is 5.58. The molecule has 2 rings (SSSR count). The van der Waals surface area contributed by atoms with Gasteiger partial charge in [-0.15, -0.1) is 11.8 Å². The van der Waals surface area contributed by atoms with E-state index in [2.05, 4.69) is 12.1 Å². The Morgan fingerprint density at radius 1 is 1.05 bits per heavy atom. The lowest BCUT2D eigenvalue weighted by molar-refractivity contribution is 0.340. The van der Waals surface area contributed by atoms with Gasteiger partial charge >= 0.3 is 0 Å². The van der Waals surface area contributed by atoms with Gasteiger partial charge in [-0.25, -0.2) is 0 Å². The molecule has 4 heteroatoms. The highest BCUT2D eigenvalue weighted by Gasteiger charge is 2.06. The van der Waals surface area contributed by atoms with Gasteiger partial charge in [0.1, 0.15) is 5.75 Å². The number of thioether (sulfide) groups is 1. The Balaban J connectivity index is 1.85. The lowest BCUT2D eigenvalue weighted by Gasteiger charge is -2.11. The van der Waals surface area contributed by atoms with E-state index in [1.807, 2.05) is 36.4 Å². The van der Waals surface area contributed by atoms with E-state index in [9.17, 15) is 0 Å². The van der Waals surface area contributed by atoms with Crippen LogP contribution in [0.4, 0.5) is 0 Å². The Morgan fingerprint density at radius 3 is 2.58 bits per heavy atom. The van der Waals surface area contributed by atoms with Gasteiger partial charge in [0.2, 0.25) is 0 Å². The Labute approximate surface area is 122 Å². The van der Waals surface area contributed by atoms with Crippen LogP contribution in [0.5, 0.6) is 5.75 Å². The Morgan fingerprint density at radius 2 is 1.84 bits per heavy atom. The maximum atomic E-state index is 6.07. The van der Waals surface area contributed by atoms with E-state index in [0.29, 0.717) is 18.2 Å². The average Bonchev–Trinajstić information content (AvgIpc) is 2.45. The molecule has 0 heterocycles. The van der Waals surface area contributed by atoms with Crippen molar-refractivity contribution in [1.29, 1.82) is 0 Å². The van der Waals surface area contributed by atoms with Crippen LogP contribution in [0.25, 0.3) is 0 Å². The molecule has 0 fully saturated rings. The third-order valence-electron chi connectivity index (χ3n) is 2.63. The molecule has 2 N–H and O–H groups in total. The van der Waals surface area contributed by atoms with Crippen LogP contribution in [0.3, 0.4) is 0 Å². The molecule has 0 saturated carbocycles. The van der Waals surface area contributed by atoms with Gasteiger partial charge in [0.25, 0.3) is 0 Å². The van der Waals surface area contributed by atoms with Crippen LogP contribution in [-0.4, -0.2) is 12.4 Å². The number of nitrogens with two attached hydrogens (primary N) is 1. The summed E-state index contributed by atoms with van der Waals surface area (Å²) in [6.45, 7) is 1.02. The smallest absolute Gasteiger partial charge is 0.125 e. The van der Waals surface area contributed by atoms with Gasteiger partial charge in [0, 0.05) is 27.8 Å². The third kappa shape index (κ3) is 4.16. The first kappa shape index (κ1) is 14.3. The van der Waals surface area contributed by atoms with Gasteiger partial charge < -0.3 is 10.5 Å². The second kappa shape index (κ2) is 7.43. The van der Waals surface area contributed by atoms with E-state index >= 15 is 0 Å². The van der Waals surface area contributed by atoms with E-state index in [1.54, 1.807) is 11.8 Å². The molecular formula is C15H16ClNOS. The maximum absolute atomic E-state index is 6.07. The average molecular weight is 294 g/mol. The van der Waals surface area contributed by atoms with Crippen molar-refractivity contribution in [3.05, 3.63) is 59.1 Å². The SMILES string of the molecule is NCc1c(Cl)cccc1OCCSc1ccccc1. The minimum atomic E-state index is 0.390. The number of ether oxygens (including phenoxy) is 1. The second-order valence-electron chi connectivity index (χ2n) is 3.93. The van der Waals surface area contributed by atoms with E-state index < -0.39 is 0 Å². The van der Waals surface area contributed by atoms with Crippen molar-refractivity contribution < 1.29 is 4.74 Å². The Hall–Kier alpha value is -1.16. The topological polar surface area (TPSA) is 35.2 Å². The van der Waals surface area contributed by atoms with Gasteiger partial charge in [0.15, 0.2) is 0 Å². The van der Waals surface area contributed by atoms with E-state index in [4.69, 9.17) is 22.1 Å². The fourth-order valence-electron chi connectivity index (χ4n) is 1.70. The van der Waals surface area contributed by atoms with Crippen LogP contribution < -0.4 is 10.5 Å². The van der Waals surface area contributed by atoms with Crippen molar-refractivity contribution in [3.63, 3.8) is 0 Å². The summed E-state index contributed by atoms with van der Waals surface area (Å²) >= 11 is 7.84. The highest BCUT2D eigenvalue weighted by molar-refractivity contribution is 7.99. The van der Waals surface area contributed by atoms with Gasteiger partial charge in [0.05, 0.1) is 6.61 Å². The van der Waals surface area contributed by atoms with Gasteiger partial charge in [-0.2, -0.15) is 0 Å². The summed E-state index contributed by atoms with van der Waals surface area (Å²) in [5.41, 5.74) is 6.55. The molecule has 0 saturated heterocycles. The zero-order valence-corrected chi connectivity index (χ0v) is 12.1. The summed E-state index contributed by atoms with van der Waals surface area (Å²) < 4.78 is 5.75. The molecule has 19 heavy (non-hydrogen) atoms. The molecule has 2 aromatic carbocycles. The first-order valence-corrected chi connectivity index (χ1v) is 7.45. The number of benzene rings is 2. The van der Waals surface area contributed by atoms with Crippen LogP contribution >= 0.6 is 23.4 Å². The molecule has 0 amide bonds. The zero-order chi connectivity index (χ0) is 13.5. The fourth-order valence-corrected chi connectivity index (χ4v) is 2.70. The number of halogens is 1. The summed E-state index contributed by atoms with van der Waals surface area (Å²) in [5.74, 6) is 1.67. The summed E-state index contributed by atoms with van der Waals surface area (Å²) in [6.07, 6.45) is 0. The van der Waals surface area contributed by atoms with Crippen molar-refractivity contribution in [2.45, 2.75) is 11.4 Å². The van der Waals surface area contributed by atoms with Crippen LogP contribution in [-0.2, 0) is 6.54 Å². The molecule has 0 aromatic heterocycles. The molecule has 0 aliphatic heterocycles. The molecule has 0 aliphatic carbocycles. The number of hydrogen-bond donors (Lipinski definition) is 1. The molecule has 0 unspecified atom stereocenters. The van der Waals surface area contributed by atoms with E-state index in [0.717, 1.165) is 17.1 Å². The number of hydrogen-bond acceptors (Lipinski definition) is 3. The van der Waals surface area contributed by atoms with E-state index in [1.165, 1.54) is 4.90 Å². The van der Waals surface area contributed by atoms with E-state index in [-0.39, 0.29) is 0 Å². The quantitative estimate of drug-likeness (QED) is 0.646. The van der Waals surface area contributed by atoms with Crippen molar-refractivity contribution in [3.8, 4) is 5.75 Å². The summed E-state index contributed by atoms with van der Waals surface area (Å²) in [4.78, 5) is 1.25. The lowest BCUT2D eigenvalue weighted by Crippen LogP contribution is -2.05. The first-order chi connectivity index (χ1) is 9.31. The predicted molar refractivity (Wildman–Crippen MR) is 82.0 cm³/mol. The highest BCUT2D eigenvalue weighted by Crippen LogP contribution is 2.26. The summed E-state index contributed by atoms with van der Waals surface area (Å²) in [5, 5.41) is 0.663. The molecule has 0 bridgehead atoms. The van der Waals surface area contributed by atoms with Gasteiger partial charge in [-0.1, -0.05) is 35.9 Å². The maximum Gasteiger partial charge on any atom is 0.125 e. The highest BCUT2D eigenvalue weighted by atomic mass is 35.5. The zero-order valence-electron chi connectivity index (χ0n) is 10.5. The van der Waals surface area contributed by atoms with Crippen LogP contribution in [0.15, 0.2) is 53.4 Å². The monoisotopic (exact) mass is 293 g/mol. The lowest BCUT2D eigenvalue weighted by atomic mass is 10.2. The Bertz CT molecular complexity index is 519.